The van der Waals surface area contributed by atoms with E-state index in [0.29, 0.717) is 45.2 Å². The Labute approximate surface area is 172 Å². The third kappa shape index (κ3) is 3.38. The van der Waals surface area contributed by atoms with E-state index < -0.39 is 0 Å². The lowest BCUT2D eigenvalue weighted by Crippen LogP contribution is -2.41. The average Bonchev–Trinajstić information content (AvgIpc) is 3.33. The highest BCUT2D eigenvalue weighted by Crippen LogP contribution is 2.36. The molecule has 8 nitrogen and oxygen atoms in total. The van der Waals surface area contributed by atoms with E-state index >= 15 is 0 Å². The second-order valence-corrected chi connectivity index (χ2v) is 8.99. The van der Waals surface area contributed by atoms with Crippen LogP contribution in [0.1, 0.15) is 23.4 Å². The Bertz CT molecular complexity index is 1040. The molecule has 2 fully saturated rings. The quantitative estimate of drug-likeness (QED) is 0.652. The summed E-state index contributed by atoms with van der Waals surface area (Å²) in [5.41, 5.74) is 2.53. The summed E-state index contributed by atoms with van der Waals surface area (Å²) in [5, 5.41) is 6.04. The number of nitrogens with zero attached hydrogens (tertiary/aromatic N) is 5. The van der Waals surface area contributed by atoms with Gasteiger partial charge in [-0.15, -0.1) is 11.3 Å². The first-order valence-electron chi connectivity index (χ1n) is 9.75. The predicted octanol–water partition coefficient (Wildman–Crippen LogP) is 2.55. The van der Waals surface area contributed by atoms with Crippen LogP contribution in [0, 0.1) is 19.3 Å². The van der Waals surface area contributed by atoms with E-state index in [9.17, 15) is 4.79 Å². The number of amides is 1. The topological polar surface area (TPSA) is 84.6 Å². The Balaban J connectivity index is 1.38. The second-order valence-electron chi connectivity index (χ2n) is 8.04. The van der Waals surface area contributed by atoms with Crippen molar-refractivity contribution < 1.29 is 14.1 Å². The van der Waals surface area contributed by atoms with Crippen molar-refractivity contribution in [3.05, 3.63) is 34.7 Å². The molecule has 0 saturated carbocycles. The molecule has 152 valence electrons. The molecule has 29 heavy (non-hydrogen) atoms. The number of carbonyl (C=O) groups is 1. The molecule has 0 N–H and O–H groups in total. The monoisotopic (exact) mass is 413 g/mol. The zero-order chi connectivity index (χ0) is 20.0. The van der Waals surface area contributed by atoms with Crippen molar-refractivity contribution >= 4 is 33.4 Å². The summed E-state index contributed by atoms with van der Waals surface area (Å²) in [6.07, 6.45) is 2.35. The molecule has 3 aromatic heterocycles. The summed E-state index contributed by atoms with van der Waals surface area (Å²) in [6.45, 7) is 7.56. The maximum Gasteiger partial charge on any atom is 0.226 e. The molecule has 3 aromatic rings. The van der Waals surface area contributed by atoms with E-state index in [2.05, 4.69) is 15.0 Å². The van der Waals surface area contributed by atoms with Crippen molar-refractivity contribution in [3.8, 4) is 0 Å². The van der Waals surface area contributed by atoms with Gasteiger partial charge in [-0.25, -0.2) is 9.97 Å². The molecule has 2 aliphatic heterocycles. The number of thiophene rings is 1. The molecule has 1 amide bonds. The average molecular weight is 414 g/mol. The lowest BCUT2D eigenvalue weighted by molar-refractivity contribution is -0.128. The molecule has 0 aromatic carbocycles. The number of anilines is 1. The van der Waals surface area contributed by atoms with Crippen LogP contribution in [0.25, 0.3) is 10.2 Å². The van der Waals surface area contributed by atoms with E-state index in [1.165, 1.54) is 0 Å². The van der Waals surface area contributed by atoms with Gasteiger partial charge in [-0.05, 0) is 25.3 Å². The van der Waals surface area contributed by atoms with Gasteiger partial charge in [0.05, 0.1) is 41.9 Å². The molecule has 2 saturated heterocycles. The Morgan fingerprint density at radius 1 is 1.31 bits per heavy atom. The Morgan fingerprint density at radius 3 is 3.03 bits per heavy atom. The smallest absolute Gasteiger partial charge is 0.226 e. The number of carbonyl (C=O) groups excluding carboxylic acids is 1. The number of aromatic nitrogens is 3. The van der Waals surface area contributed by atoms with E-state index in [4.69, 9.17) is 14.2 Å². The van der Waals surface area contributed by atoms with Gasteiger partial charge in [0.2, 0.25) is 11.9 Å². The summed E-state index contributed by atoms with van der Waals surface area (Å²) in [5.74, 6) is 1.62. The number of ether oxygens (including phenoxy) is 1. The fourth-order valence-corrected chi connectivity index (χ4v) is 5.01. The predicted molar refractivity (Wildman–Crippen MR) is 109 cm³/mol. The summed E-state index contributed by atoms with van der Waals surface area (Å²) in [7, 11) is 0. The SMILES string of the molecule is Cc1noc(C)c1CN1C[C@@]2(COCCN(c3ncc4sccc4n3)C2)CC1=O. The van der Waals surface area contributed by atoms with Gasteiger partial charge >= 0.3 is 0 Å². The lowest BCUT2D eigenvalue weighted by Gasteiger charge is -2.31. The summed E-state index contributed by atoms with van der Waals surface area (Å²) < 4.78 is 12.3. The third-order valence-electron chi connectivity index (χ3n) is 5.85. The minimum atomic E-state index is -0.264. The van der Waals surface area contributed by atoms with Crippen molar-refractivity contribution in [2.75, 3.05) is 37.7 Å². The van der Waals surface area contributed by atoms with Crippen molar-refractivity contribution in [2.45, 2.75) is 26.8 Å². The zero-order valence-corrected chi connectivity index (χ0v) is 17.4. The van der Waals surface area contributed by atoms with Crippen molar-refractivity contribution in [2.24, 2.45) is 5.41 Å². The van der Waals surface area contributed by atoms with Gasteiger partial charge in [-0.2, -0.15) is 0 Å². The molecular formula is C20H23N5O3S. The van der Waals surface area contributed by atoms with Crippen LogP contribution in [-0.4, -0.2) is 58.8 Å². The largest absolute Gasteiger partial charge is 0.379 e. The highest BCUT2D eigenvalue weighted by Gasteiger charge is 2.46. The van der Waals surface area contributed by atoms with Gasteiger partial charge in [0.15, 0.2) is 0 Å². The van der Waals surface area contributed by atoms with Crippen LogP contribution < -0.4 is 4.90 Å². The van der Waals surface area contributed by atoms with Gasteiger partial charge in [0, 0.05) is 37.0 Å². The van der Waals surface area contributed by atoms with Crippen LogP contribution in [0.4, 0.5) is 5.95 Å². The Kier molecular flexibility index (Phi) is 4.51. The molecule has 0 unspecified atom stereocenters. The van der Waals surface area contributed by atoms with E-state index in [0.717, 1.165) is 33.8 Å². The number of fused-ring (bicyclic) bond motifs is 1. The number of hydrogen-bond acceptors (Lipinski definition) is 8. The van der Waals surface area contributed by atoms with Gasteiger partial charge in [-0.1, -0.05) is 5.16 Å². The summed E-state index contributed by atoms with van der Waals surface area (Å²) in [6, 6.07) is 2.01. The molecular weight excluding hydrogens is 390 g/mol. The normalized spacial score (nSPS) is 22.8. The van der Waals surface area contributed by atoms with Crippen LogP contribution in [0.3, 0.4) is 0 Å². The second kappa shape index (κ2) is 7.07. The van der Waals surface area contributed by atoms with Gasteiger partial charge in [0.1, 0.15) is 5.76 Å². The molecule has 2 aliphatic rings. The van der Waals surface area contributed by atoms with Crippen LogP contribution in [-0.2, 0) is 16.1 Å². The highest BCUT2D eigenvalue weighted by atomic mass is 32.1. The van der Waals surface area contributed by atoms with Crippen molar-refractivity contribution in [1.29, 1.82) is 0 Å². The van der Waals surface area contributed by atoms with Crippen LogP contribution in [0.15, 0.2) is 22.2 Å². The first-order valence-corrected chi connectivity index (χ1v) is 10.6. The van der Waals surface area contributed by atoms with Crippen LogP contribution in [0.2, 0.25) is 0 Å². The zero-order valence-electron chi connectivity index (χ0n) is 16.6. The highest BCUT2D eigenvalue weighted by molar-refractivity contribution is 7.17. The molecule has 0 bridgehead atoms. The molecule has 5 heterocycles. The minimum absolute atomic E-state index is 0.143. The molecule has 0 radical (unpaired) electrons. The van der Waals surface area contributed by atoms with Gasteiger partial charge in [0.25, 0.3) is 0 Å². The molecule has 1 spiro atoms. The lowest BCUT2D eigenvalue weighted by atomic mass is 9.87. The number of hydrogen-bond donors (Lipinski definition) is 0. The molecule has 5 rings (SSSR count). The maximum absolute atomic E-state index is 12.9. The molecule has 0 aliphatic carbocycles. The number of likely N-dealkylation sites (tertiary alicyclic amines) is 1. The Hall–Kier alpha value is -2.52. The van der Waals surface area contributed by atoms with E-state index in [1.807, 2.05) is 36.4 Å². The molecule has 1 atom stereocenters. The van der Waals surface area contributed by atoms with Crippen LogP contribution >= 0.6 is 11.3 Å². The van der Waals surface area contributed by atoms with E-state index in [-0.39, 0.29) is 11.3 Å². The van der Waals surface area contributed by atoms with E-state index in [1.54, 1.807) is 11.3 Å². The Morgan fingerprint density at radius 2 is 2.21 bits per heavy atom. The van der Waals surface area contributed by atoms with Crippen molar-refractivity contribution in [1.82, 2.24) is 20.0 Å². The fourth-order valence-electron chi connectivity index (χ4n) is 4.32. The third-order valence-corrected chi connectivity index (χ3v) is 6.69. The van der Waals surface area contributed by atoms with Crippen molar-refractivity contribution in [3.63, 3.8) is 0 Å². The minimum Gasteiger partial charge on any atom is -0.379 e. The molecule has 9 heteroatoms. The van der Waals surface area contributed by atoms with Gasteiger partial charge < -0.3 is 19.1 Å². The summed E-state index contributed by atoms with van der Waals surface area (Å²) in [4.78, 5) is 26.2. The first kappa shape index (κ1) is 18.5. The standard InChI is InChI=1S/C20H23N5O3S/c1-13-15(14(2)28-23-13)9-25-11-20(7-18(25)26)10-24(4-5-27-12-20)19-21-8-17-16(22-19)3-6-29-17/h3,6,8H,4-5,7,9-12H2,1-2H3/t20-/m1/s1. The summed E-state index contributed by atoms with van der Waals surface area (Å²) >= 11 is 1.64. The van der Waals surface area contributed by atoms with Gasteiger partial charge in [-0.3, -0.25) is 4.79 Å². The number of rotatable bonds is 3. The van der Waals surface area contributed by atoms with Crippen LogP contribution in [0.5, 0.6) is 0 Å². The maximum atomic E-state index is 12.9. The fraction of sp³-hybridized carbons (Fsp3) is 0.500. The number of aryl methyl sites for hydroxylation is 2. The first-order chi connectivity index (χ1) is 14.0.